The Labute approximate surface area is 78.4 Å². The van der Waals surface area contributed by atoms with E-state index in [0.717, 1.165) is 17.9 Å². The zero-order valence-electron chi connectivity index (χ0n) is 8.03. The fourth-order valence-electron chi connectivity index (χ4n) is 1.14. The second-order valence-corrected chi connectivity index (χ2v) is 3.04. The highest BCUT2D eigenvalue weighted by atomic mass is 16.5. The normalized spacial score (nSPS) is 12.5. The van der Waals surface area contributed by atoms with Gasteiger partial charge in [-0.05, 0) is 31.9 Å². The summed E-state index contributed by atoms with van der Waals surface area (Å²) in [7, 11) is 1.63. The van der Waals surface area contributed by atoms with Crippen molar-refractivity contribution in [3.05, 3.63) is 24.0 Å². The molecule has 13 heavy (non-hydrogen) atoms. The molecule has 0 aliphatic heterocycles. The molecule has 1 rings (SSSR count). The Bertz CT molecular complexity index is 261. The van der Waals surface area contributed by atoms with E-state index in [2.05, 4.69) is 4.98 Å². The first-order valence-electron chi connectivity index (χ1n) is 4.40. The Morgan fingerprint density at radius 1 is 1.62 bits per heavy atom. The van der Waals surface area contributed by atoms with Gasteiger partial charge in [-0.3, -0.25) is 4.98 Å². The summed E-state index contributed by atoms with van der Waals surface area (Å²) in [5.41, 5.74) is 0.908. The molecule has 3 nitrogen and oxygen atoms in total. The van der Waals surface area contributed by atoms with E-state index in [-0.39, 0.29) is 6.10 Å². The van der Waals surface area contributed by atoms with E-state index >= 15 is 0 Å². The summed E-state index contributed by atoms with van der Waals surface area (Å²) >= 11 is 0. The number of ether oxygens (including phenoxy) is 1. The maximum absolute atomic E-state index is 9.11. The zero-order valence-corrected chi connectivity index (χ0v) is 8.03. The fraction of sp³-hybridized carbons (Fsp3) is 0.500. The van der Waals surface area contributed by atoms with E-state index < -0.39 is 0 Å². The minimum Gasteiger partial charge on any atom is -0.495 e. The molecule has 0 radical (unpaired) electrons. The predicted molar refractivity (Wildman–Crippen MR) is 50.8 cm³/mol. The SMILES string of the molecule is COc1cccnc1CC[C@@H](C)O. The lowest BCUT2D eigenvalue weighted by Gasteiger charge is -2.07. The summed E-state index contributed by atoms with van der Waals surface area (Å²) in [5.74, 6) is 0.795. The highest BCUT2D eigenvalue weighted by Crippen LogP contribution is 2.16. The number of aliphatic hydroxyl groups is 1. The first kappa shape index (κ1) is 9.99. The van der Waals surface area contributed by atoms with E-state index in [9.17, 15) is 0 Å². The largest absolute Gasteiger partial charge is 0.495 e. The van der Waals surface area contributed by atoms with Gasteiger partial charge in [0, 0.05) is 6.20 Å². The molecule has 0 aromatic carbocycles. The molecule has 0 amide bonds. The molecule has 0 aliphatic carbocycles. The van der Waals surface area contributed by atoms with Crippen molar-refractivity contribution in [1.29, 1.82) is 0 Å². The number of aromatic nitrogens is 1. The Morgan fingerprint density at radius 3 is 3.00 bits per heavy atom. The number of aryl methyl sites for hydroxylation is 1. The molecule has 0 saturated heterocycles. The first-order valence-corrected chi connectivity index (χ1v) is 4.40. The smallest absolute Gasteiger partial charge is 0.140 e. The third-order valence-electron chi connectivity index (χ3n) is 1.87. The number of hydrogen-bond acceptors (Lipinski definition) is 3. The van der Waals surface area contributed by atoms with Gasteiger partial charge in [0.1, 0.15) is 5.75 Å². The fourth-order valence-corrected chi connectivity index (χ4v) is 1.14. The molecular formula is C10H15NO2. The van der Waals surface area contributed by atoms with Crippen LogP contribution in [0.3, 0.4) is 0 Å². The van der Waals surface area contributed by atoms with Crippen LogP contribution in [-0.2, 0) is 6.42 Å². The van der Waals surface area contributed by atoms with Gasteiger partial charge in [0.2, 0.25) is 0 Å². The first-order chi connectivity index (χ1) is 6.24. The predicted octanol–water partition coefficient (Wildman–Crippen LogP) is 1.40. The Kier molecular flexibility index (Phi) is 3.71. The highest BCUT2D eigenvalue weighted by Gasteiger charge is 2.04. The molecule has 0 fully saturated rings. The molecule has 0 unspecified atom stereocenters. The van der Waals surface area contributed by atoms with Gasteiger partial charge < -0.3 is 9.84 Å². The molecular weight excluding hydrogens is 166 g/mol. The van der Waals surface area contributed by atoms with Crippen LogP contribution in [0.25, 0.3) is 0 Å². The average Bonchev–Trinajstić information content (AvgIpc) is 2.15. The highest BCUT2D eigenvalue weighted by molar-refractivity contribution is 5.26. The van der Waals surface area contributed by atoms with Gasteiger partial charge >= 0.3 is 0 Å². The number of aliphatic hydroxyl groups excluding tert-OH is 1. The van der Waals surface area contributed by atoms with Gasteiger partial charge in [0.25, 0.3) is 0 Å². The lowest BCUT2D eigenvalue weighted by atomic mass is 10.1. The summed E-state index contributed by atoms with van der Waals surface area (Å²) in [6.07, 6.45) is 2.92. The average molecular weight is 181 g/mol. The summed E-state index contributed by atoms with van der Waals surface area (Å²) in [6.45, 7) is 1.77. The lowest BCUT2D eigenvalue weighted by Crippen LogP contribution is -2.03. The van der Waals surface area contributed by atoms with Crippen molar-refractivity contribution in [1.82, 2.24) is 4.98 Å². The second-order valence-electron chi connectivity index (χ2n) is 3.04. The van der Waals surface area contributed by atoms with Gasteiger partial charge in [-0.15, -0.1) is 0 Å². The van der Waals surface area contributed by atoms with Crippen LogP contribution in [-0.4, -0.2) is 23.3 Å². The van der Waals surface area contributed by atoms with Crippen molar-refractivity contribution in [3.63, 3.8) is 0 Å². The van der Waals surface area contributed by atoms with Crippen LogP contribution in [0, 0.1) is 0 Å². The van der Waals surface area contributed by atoms with Crippen molar-refractivity contribution in [2.24, 2.45) is 0 Å². The van der Waals surface area contributed by atoms with E-state index in [4.69, 9.17) is 9.84 Å². The molecule has 0 aliphatic rings. The van der Waals surface area contributed by atoms with Crippen molar-refractivity contribution in [2.75, 3.05) is 7.11 Å². The van der Waals surface area contributed by atoms with Crippen LogP contribution in [0.5, 0.6) is 5.75 Å². The zero-order chi connectivity index (χ0) is 9.68. The summed E-state index contributed by atoms with van der Waals surface area (Å²) in [4.78, 5) is 4.19. The Hall–Kier alpha value is -1.09. The summed E-state index contributed by atoms with van der Waals surface area (Å²) in [5, 5.41) is 9.11. The molecule has 1 atom stereocenters. The quantitative estimate of drug-likeness (QED) is 0.763. The maximum Gasteiger partial charge on any atom is 0.140 e. The van der Waals surface area contributed by atoms with Gasteiger partial charge in [-0.1, -0.05) is 0 Å². The molecule has 1 N–H and O–H groups in total. The third-order valence-corrected chi connectivity index (χ3v) is 1.87. The van der Waals surface area contributed by atoms with Crippen LogP contribution >= 0.6 is 0 Å². The summed E-state index contributed by atoms with van der Waals surface area (Å²) < 4.78 is 5.13. The van der Waals surface area contributed by atoms with E-state index in [1.54, 1.807) is 20.2 Å². The number of pyridine rings is 1. The maximum atomic E-state index is 9.11. The number of hydrogen-bond donors (Lipinski definition) is 1. The third kappa shape index (κ3) is 3.03. The molecule has 0 saturated carbocycles. The molecule has 1 heterocycles. The summed E-state index contributed by atoms with van der Waals surface area (Å²) in [6, 6.07) is 3.72. The molecule has 72 valence electrons. The topological polar surface area (TPSA) is 42.4 Å². The molecule has 0 bridgehead atoms. The Balaban J connectivity index is 2.64. The number of rotatable bonds is 4. The minimum atomic E-state index is -0.285. The van der Waals surface area contributed by atoms with Crippen LogP contribution < -0.4 is 4.74 Å². The number of methoxy groups -OCH3 is 1. The molecule has 3 heteroatoms. The van der Waals surface area contributed by atoms with E-state index in [1.165, 1.54) is 0 Å². The van der Waals surface area contributed by atoms with Crippen LogP contribution in [0.1, 0.15) is 19.0 Å². The van der Waals surface area contributed by atoms with Crippen LogP contribution in [0.2, 0.25) is 0 Å². The van der Waals surface area contributed by atoms with Gasteiger partial charge in [0.05, 0.1) is 18.9 Å². The van der Waals surface area contributed by atoms with Crippen molar-refractivity contribution in [2.45, 2.75) is 25.9 Å². The molecule has 1 aromatic rings. The Morgan fingerprint density at radius 2 is 2.38 bits per heavy atom. The minimum absolute atomic E-state index is 0.285. The van der Waals surface area contributed by atoms with E-state index in [0.29, 0.717) is 6.42 Å². The molecule has 0 spiro atoms. The van der Waals surface area contributed by atoms with Crippen molar-refractivity contribution < 1.29 is 9.84 Å². The van der Waals surface area contributed by atoms with Crippen molar-refractivity contribution in [3.8, 4) is 5.75 Å². The van der Waals surface area contributed by atoms with E-state index in [1.807, 2.05) is 12.1 Å². The second kappa shape index (κ2) is 4.82. The standard InChI is InChI=1S/C10H15NO2/c1-8(12)5-6-9-10(13-2)4-3-7-11-9/h3-4,7-8,12H,5-6H2,1-2H3/t8-/m1/s1. The van der Waals surface area contributed by atoms with Gasteiger partial charge in [-0.2, -0.15) is 0 Å². The molecule has 1 aromatic heterocycles. The van der Waals surface area contributed by atoms with Crippen LogP contribution in [0.15, 0.2) is 18.3 Å². The number of nitrogens with zero attached hydrogens (tertiary/aromatic N) is 1. The van der Waals surface area contributed by atoms with Crippen LogP contribution in [0.4, 0.5) is 0 Å². The lowest BCUT2D eigenvalue weighted by molar-refractivity contribution is 0.184. The monoisotopic (exact) mass is 181 g/mol. The van der Waals surface area contributed by atoms with Gasteiger partial charge in [0.15, 0.2) is 0 Å². The van der Waals surface area contributed by atoms with Crippen molar-refractivity contribution >= 4 is 0 Å². The van der Waals surface area contributed by atoms with Gasteiger partial charge in [-0.25, -0.2) is 0 Å².